The van der Waals surface area contributed by atoms with E-state index in [9.17, 15) is 0 Å². The molecule has 3 nitrogen and oxygen atoms in total. The van der Waals surface area contributed by atoms with Crippen molar-refractivity contribution in [3.63, 3.8) is 0 Å². The number of hydrogen-bond acceptors (Lipinski definition) is 3. The molecule has 1 aromatic rings. The van der Waals surface area contributed by atoms with E-state index < -0.39 is 0 Å². The SMILES string of the molecule is CCN(CCOc1ccc(CC(N)=S)cc1)CC(C)C. The van der Waals surface area contributed by atoms with Gasteiger partial charge in [-0.05, 0) is 30.2 Å². The van der Waals surface area contributed by atoms with Gasteiger partial charge in [0.05, 0.1) is 4.99 Å². The molecule has 0 spiro atoms. The van der Waals surface area contributed by atoms with Crippen molar-refractivity contribution >= 4 is 17.2 Å². The Hall–Kier alpha value is -1.13. The lowest BCUT2D eigenvalue weighted by atomic mass is 10.1. The summed E-state index contributed by atoms with van der Waals surface area (Å²) in [6, 6.07) is 7.99. The standard InChI is InChI=1S/C16H26N2OS/c1-4-18(12-13(2)3)9-10-19-15-7-5-14(6-8-15)11-16(17)20/h5-8,13H,4,9-12H2,1-3H3,(H2,17,20). The molecule has 1 aromatic carbocycles. The number of hydrogen-bond donors (Lipinski definition) is 1. The summed E-state index contributed by atoms with van der Waals surface area (Å²) >= 11 is 4.90. The van der Waals surface area contributed by atoms with E-state index in [4.69, 9.17) is 22.7 Å². The van der Waals surface area contributed by atoms with E-state index in [0.29, 0.717) is 17.3 Å². The van der Waals surface area contributed by atoms with Gasteiger partial charge in [0.2, 0.25) is 0 Å². The van der Waals surface area contributed by atoms with Gasteiger partial charge >= 0.3 is 0 Å². The van der Waals surface area contributed by atoms with Gasteiger partial charge < -0.3 is 10.5 Å². The van der Waals surface area contributed by atoms with Crippen LogP contribution >= 0.6 is 12.2 Å². The van der Waals surface area contributed by atoms with Crippen LogP contribution in [0.15, 0.2) is 24.3 Å². The van der Waals surface area contributed by atoms with Crippen LogP contribution in [0.1, 0.15) is 26.3 Å². The molecule has 0 heterocycles. The minimum atomic E-state index is 0.519. The van der Waals surface area contributed by atoms with E-state index in [1.165, 1.54) is 0 Å². The second-order valence-corrected chi connectivity index (χ2v) is 5.95. The number of nitrogens with two attached hydrogens (primary N) is 1. The number of thiocarbonyl (C=S) groups is 1. The quantitative estimate of drug-likeness (QED) is 0.711. The molecule has 2 N–H and O–H groups in total. The van der Waals surface area contributed by atoms with Crippen molar-refractivity contribution in [3.8, 4) is 5.75 Å². The summed E-state index contributed by atoms with van der Waals surface area (Å²) in [7, 11) is 0. The predicted molar refractivity (Wildman–Crippen MR) is 89.4 cm³/mol. The van der Waals surface area contributed by atoms with Crippen LogP contribution in [0.2, 0.25) is 0 Å². The molecule has 0 radical (unpaired) electrons. The molecule has 0 atom stereocenters. The van der Waals surface area contributed by atoms with Crippen LogP contribution in [0.3, 0.4) is 0 Å². The molecule has 0 saturated heterocycles. The van der Waals surface area contributed by atoms with E-state index in [1.807, 2.05) is 24.3 Å². The van der Waals surface area contributed by atoms with Gasteiger partial charge in [-0.2, -0.15) is 0 Å². The Kier molecular flexibility index (Phi) is 7.55. The summed E-state index contributed by atoms with van der Waals surface area (Å²) in [6.07, 6.45) is 0.646. The number of rotatable bonds is 9. The molecule has 20 heavy (non-hydrogen) atoms. The third kappa shape index (κ3) is 6.87. The average molecular weight is 294 g/mol. The third-order valence-electron chi connectivity index (χ3n) is 3.05. The molecule has 0 saturated carbocycles. The van der Waals surface area contributed by atoms with Crippen molar-refractivity contribution < 1.29 is 4.74 Å². The fourth-order valence-electron chi connectivity index (χ4n) is 2.09. The number of likely N-dealkylation sites (N-methyl/N-ethyl adjacent to an activating group) is 1. The topological polar surface area (TPSA) is 38.5 Å². The summed E-state index contributed by atoms with van der Waals surface area (Å²) in [5.41, 5.74) is 6.65. The smallest absolute Gasteiger partial charge is 0.119 e. The molecular formula is C16H26N2OS. The van der Waals surface area contributed by atoms with Crippen LogP contribution in [0.4, 0.5) is 0 Å². The number of nitrogens with zero attached hydrogens (tertiary/aromatic N) is 1. The molecule has 0 fully saturated rings. The zero-order valence-electron chi connectivity index (χ0n) is 12.8. The molecule has 1 rings (SSSR count). The van der Waals surface area contributed by atoms with E-state index in [2.05, 4.69) is 25.7 Å². The van der Waals surface area contributed by atoms with Gasteiger partial charge in [0.25, 0.3) is 0 Å². The van der Waals surface area contributed by atoms with Crippen LogP contribution in [0.25, 0.3) is 0 Å². The van der Waals surface area contributed by atoms with Crippen LogP contribution in [-0.4, -0.2) is 36.1 Å². The lowest BCUT2D eigenvalue weighted by Crippen LogP contribution is -2.31. The van der Waals surface area contributed by atoms with E-state index in [1.54, 1.807) is 0 Å². The highest BCUT2D eigenvalue weighted by atomic mass is 32.1. The van der Waals surface area contributed by atoms with Crippen LogP contribution < -0.4 is 10.5 Å². The van der Waals surface area contributed by atoms with Crippen molar-refractivity contribution in [1.82, 2.24) is 4.90 Å². The van der Waals surface area contributed by atoms with Gasteiger partial charge in [0.15, 0.2) is 0 Å². The Morgan fingerprint density at radius 2 is 1.95 bits per heavy atom. The Morgan fingerprint density at radius 1 is 1.30 bits per heavy atom. The summed E-state index contributed by atoms with van der Waals surface area (Å²) in [6.45, 7) is 10.5. The predicted octanol–water partition coefficient (Wildman–Crippen LogP) is 2.87. The maximum absolute atomic E-state index is 5.77. The maximum atomic E-state index is 5.77. The highest BCUT2D eigenvalue weighted by Crippen LogP contribution is 2.12. The molecule has 0 aliphatic carbocycles. The summed E-state index contributed by atoms with van der Waals surface area (Å²) in [4.78, 5) is 2.93. The van der Waals surface area contributed by atoms with Gasteiger partial charge in [-0.25, -0.2) is 0 Å². The molecule has 0 aliphatic heterocycles. The van der Waals surface area contributed by atoms with Gasteiger partial charge in [0.1, 0.15) is 12.4 Å². The normalized spacial score (nSPS) is 11.1. The van der Waals surface area contributed by atoms with Gasteiger partial charge in [-0.15, -0.1) is 0 Å². The van der Waals surface area contributed by atoms with Gasteiger partial charge in [-0.3, -0.25) is 4.90 Å². The molecule has 0 bridgehead atoms. The van der Waals surface area contributed by atoms with Crippen LogP contribution in [0, 0.1) is 5.92 Å². The molecule has 0 amide bonds. The first-order valence-corrected chi connectivity index (χ1v) is 7.64. The Labute approximate surface area is 128 Å². The average Bonchev–Trinajstić information content (AvgIpc) is 2.38. The van der Waals surface area contributed by atoms with Gasteiger partial charge in [-0.1, -0.05) is 45.1 Å². The van der Waals surface area contributed by atoms with Crippen molar-refractivity contribution in [2.24, 2.45) is 11.7 Å². The lowest BCUT2D eigenvalue weighted by molar-refractivity contribution is 0.200. The van der Waals surface area contributed by atoms with Gasteiger partial charge in [0, 0.05) is 19.5 Å². The molecule has 0 aromatic heterocycles. The zero-order chi connectivity index (χ0) is 15.0. The monoisotopic (exact) mass is 294 g/mol. The van der Waals surface area contributed by atoms with Crippen molar-refractivity contribution in [3.05, 3.63) is 29.8 Å². The van der Waals surface area contributed by atoms with Crippen LogP contribution in [-0.2, 0) is 6.42 Å². The first-order valence-electron chi connectivity index (χ1n) is 7.23. The van der Waals surface area contributed by atoms with Crippen molar-refractivity contribution in [2.75, 3.05) is 26.2 Å². The summed E-state index contributed by atoms with van der Waals surface area (Å²) < 4.78 is 5.77. The molecule has 4 heteroatoms. The molecular weight excluding hydrogens is 268 g/mol. The zero-order valence-corrected chi connectivity index (χ0v) is 13.6. The van der Waals surface area contributed by atoms with Crippen LogP contribution in [0.5, 0.6) is 5.75 Å². The maximum Gasteiger partial charge on any atom is 0.119 e. The third-order valence-corrected chi connectivity index (χ3v) is 3.19. The fraction of sp³-hybridized carbons (Fsp3) is 0.562. The van der Waals surface area contributed by atoms with Crippen molar-refractivity contribution in [1.29, 1.82) is 0 Å². The lowest BCUT2D eigenvalue weighted by Gasteiger charge is -2.22. The first kappa shape index (κ1) is 16.9. The molecule has 0 unspecified atom stereocenters. The molecule has 112 valence electrons. The fourth-order valence-corrected chi connectivity index (χ4v) is 2.26. The minimum Gasteiger partial charge on any atom is -0.492 e. The van der Waals surface area contributed by atoms with E-state index in [-0.39, 0.29) is 0 Å². The second-order valence-electron chi connectivity index (χ2n) is 5.42. The van der Waals surface area contributed by atoms with E-state index >= 15 is 0 Å². The van der Waals surface area contributed by atoms with Crippen molar-refractivity contribution in [2.45, 2.75) is 27.2 Å². The summed E-state index contributed by atoms with van der Waals surface area (Å²) in [5, 5.41) is 0. The highest BCUT2D eigenvalue weighted by molar-refractivity contribution is 7.80. The summed E-state index contributed by atoms with van der Waals surface area (Å²) in [5.74, 6) is 1.59. The first-order chi connectivity index (χ1) is 9.51. The Balaban J connectivity index is 2.36. The second kappa shape index (κ2) is 8.93. The molecule has 0 aliphatic rings. The number of ether oxygens (including phenoxy) is 1. The minimum absolute atomic E-state index is 0.519. The van der Waals surface area contributed by atoms with E-state index in [0.717, 1.165) is 37.6 Å². The highest BCUT2D eigenvalue weighted by Gasteiger charge is 2.05. The largest absolute Gasteiger partial charge is 0.492 e. The Bertz CT molecular complexity index is 403. The number of benzene rings is 1. The Morgan fingerprint density at radius 3 is 2.45 bits per heavy atom.